The summed E-state index contributed by atoms with van der Waals surface area (Å²) in [5.41, 5.74) is 1.68. The van der Waals surface area contributed by atoms with Gasteiger partial charge in [0.1, 0.15) is 5.82 Å². The third kappa shape index (κ3) is 4.56. The molecule has 0 unspecified atom stereocenters. The normalized spacial score (nSPS) is 18.1. The number of carbonyl (C=O) groups excluding carboxylic acids is 1. The predicted octanol–water partition coefficient (Wildman–Crippen LogP) is 2.57. The Bertz CT molecular complexity index is 511. The smallest absolute Gasteiger partial charge is 0.255 e. The van der Waals surface area contributed by atoms with Crippen molar-refractivity contribution in [3.63, 3.8) is 0 Å². The number of ether oxygens (including phenoxy) is 1. The van der Waals surface area contributed by atoms with Gasteiger partial charge in [0, 0.05) is 32.9 Å². The number of pyridine rings is 1. The fourth-order valence-electron chi connectivity index (χ4n) is 2.67. The van der Waals surface area contributed by atoms with Crippen molar-refractivity contribution in [2.24, 2.45) is 5.92 Å². The van der Waals surface area contributed by atoms with Crippen LogP contribution in [0.5, 0.6) is 0 Å². The molecule has 1 aromatic rings. The topological polar surface area (TPSA) is 54.5 Å². The molecular weight excluding hydrogens is 278 g/mol. The average Bonchev–Trinajstić information content (AvgIpc) is 2.53. The van der Waals surface area contributed by atoms with Gasteiger partial charge in [-0.2, -0.15) is 0 Å². The number of rotatable bonds is 6. The summed E-state index contributed by atoms with van der Waals surface area (Å²) in [6.07, 6.45) is 3.80. The maximum Gasteiger partial charge on any atom is 0.255 e. The highest BCUT2D eigenvalue weighted by Crippen LogP contribution is 2.19. The number of anilines is 1. The number of likely N-dealkylation sites (tertiary alicyclic amines) is 1. The SMILES string of the molecule is C=C(C)CNc1ccc(C(=O)N2CCC[C@@H](COC)C2)cn1. The molecule has 22 heavy (non-hydrogen) atoms. The lowest BCUT2D eigenvalue weighted by Crippen LogP contribution is -2.41. The van der Waals surface area contributed by atoms with E-state index in [0.717, 1.165) is 37.3 Å². The molecule has 2 heterocycles. The number of hydrogen-bond donors (Lipinski definition) is 1. The maximum absolute atomic E-state index is 12.5. The van der Waals surface area contributed by atoms with Gasteiger partial charge in [0.25, 0.3) is 5.91 Å². The molecule has 0 spiro atoms. The molecular formula is C17H25N3O2. The zero-order valence-electron chi connectivity index (χ0n) is 13.5. The van der Waals surface area contributed by atoms with Crippen molar-refractivity contribution in [3.8, 4) is 0 Å². The van der Waals surface area contributed by atoms with Gasteiger partial charge < -0.3 is 15.0 Å². The van der Waals surface area contributed by atoms with Crippen molar-refractivity contribution in [2.75, 3.05) is 38.7 Å². The monoisotopic (exact) mass is 303 g/mol. The lowest BCUT2D eigenvalue weighted by atomic mass is 9.98. The van der Waals surface area contributed by atoms with E-state index >= 15 is 0 Å². The summed E-state index contributed by atoms with van der Waals surface area (Å²) in [7, 11) is 1.71. The van der Waals surface area contributed by atoms with E-state index in [4.69, 9.17) is 4.74 Å². The van der Waals surface area contributed by atoms with Gasteiger partial charge in [-0.15, -0.1) is 0 Å². The van der Waals surface area contributed by atoms with Crippen LogP contribution in [0.1, 0.15) is 30.1 Å². The van der Waals surface area contributed by atoms with Crippen LogP contribution in [0.3, 0.4) is 0 Å². The van der Waals surface area contributed by atoms with Crippen molar-refractivity contribution in [1.29, 1.82) is 0 Å². The molecule has 0 saturated carbocycles. The zero-order valence-corrected chi connectivity index (χ0v) is 13.5. The number of nitrogens with one attached hydrogen (secondary N) is 1. The third-order valence-corrected chi connectivity index (χ3v) is 3.79. The number of methoxy groups -OCH3 is 1. The lowest BCUT2D eigenvalue weighted by molar-refractivity contribution is 0.0570. The number of piperidine rings is 1. The fourth-order valence-corrected chi connectivity index (χ4v) is 2.67. The molecule has 0 aromatic carbocycles. The summed E-state index contributed by atoms with van der Waals surface area (Å²) in [5.74, 6) is 1.25. The molecule has 1 N–H and O–H groups in total. The highest BCUT2D eigenvalue weighted by molar-refractivity contribution is 5.94. The second-order valence-electron chi connectivity index (χ2n) is 5.96. The number of hydrogen-bond acceptors (Lipinski definition) is 4. The molecule has 2 rings (SSSR count). The summed E-state index contributed by atoms with van der Waals surface area (Å²) >= 11 is 0. The van der Waals surface area contributed by atoms with E-state index in [1.54, 1.807) is 13.3 Å². The van der Waals surface area contributed by atoms with Gasteiger partial charge in [-0.3, -0.25) is 4.79 Å². The van der Waals surface area contributed by atoms with E-state index < -0.39 is 0 Å². The first-order valence-corrected chi connectivity index (χ1v) is 7.72. The van der Waals surface area contributed by atoms with E-state index in [9.17, 15) is 4.79 Å². The van der Waals surface area contributed by atoms with Gasteiger partial charge in [-0.25, -0.2) is 4.98 Å². The number of carbonyl (C=O) groups is 1. The minimum Gasteiger partial charge on any atom is -0.384 e. The van der Waals surface area contributed by atoms with Crippen LogP contribution in [0.25, 0.3) is 0 Å². The first-order valence-electron chi connectivity index (χ1n) is 7.72. The summed E-state index contributed by atoms with van der Waals surface area (Å²) in [6, 6.07) is 3.67. The van der Waals surface area contributed by atoms with Gasteiger partial charge in [0.15, 0.2) is 0 Å². The van der Waals surface area contributed by atoms with Crippen LogP contribution in [0.15, 0.2) is 30.5 Å². The van der Waals surface area contributed by atoms with E-state index in [2.05, 4.69) is 16.9 Å². The summed E-state index contributed by atoms with van der Waals surface area (Å²) in [5, 5.41) is 3.16. The van der Waals surface area contributed by atoms with Gasteiger partial charge in [0.2, 0.25) is 0 Å². The highest BCUT2D eigenvalue weighted by atomic mass is 16.5. The van der Waals surface area contributed by atoms with Crippen molar-refractivity contribution >= 4 is 11.7 Å². The van der Waals surface area contributed by atoms with E-state index in [1.165, 1.54) is 0 Å². The van der Waals surface area contributed by atoms with Crippen LogP contribution in [0.4, 0.5) is 5.82 Å². The standard InChI is InChI=1S/C17H25N3O2/c1-13(2)9-18-16-7-6-15(10-19-16)17(21)20-8-4-5-14(11-20)12-22-3/h6-7,10,14H,1,4-5,8-9,11-12H2,2-3H3,(H,18,19)/t14-/m1/s1. The fraction of sp³-hybridized carbons (Fsp3) is 0.529. The largest absolute Gasteiger partial charge is 0.384 e. The summed E-state index contributed by atoms with van der Waals surface area (Å²) in [4.78, 5) is 18.7. The molecule has 0 aliphatic carbocycles. The molecule has 1 amide bonds. The Balaban J connectivity index is 1.95. The molecule has 1 aromatic heterocycles. The number of amides is 1. The number of nitrogens with zero attached hydrogens (tertiary/aromatic N) is 2. The molecule has 5 heteroatoms. The van der Waals surface area contributed by atoms with Crippen LogP contribution < -0.4 is 5.32 Å². The molecule has 0 bridgehead atoms. The van der Waals surface area contributed by atoms with Crippen LogP contribution in [-0.2, 0) is 4.74 Å². The maximum atomic E-state index is 12.5. The lowest BCUT2D eigenvalue weighted by Gasteiger charge is -2.32. The Morgan fingerprint density at radius 1 is 1.55 bits per heavy atom. The predicted molar refractivity (Wildman–Crippen MR) is 88.0 cm³/mol. The van der Waals surface area contributed by atoms with Gasteiger partial charge in [-0.05, 0) is 37.8 Å². The Morgan fingerprint density at radius 2 is 2.36 bits per heavy atom. The minimum absolute atomic E-state index is 0.0553. The van der Waals surface area contributed by atoms with Crippen molar-refractivity contribution < 1.29 is 9.53 Å². The summed E-state index contributed by atoms with van der Waals surface area (Å²) < 4.78 is 5.21. The average molecular weight is 303 g/mol. The van der Waals surface area contributed by atoms with Gasteiger partial charge >= 0.3 is 0 Å². The molecule has 1 fully saturated rings. The molecule has 1 atom stereocenters. The molecule has 120 valence electrons. The van der Waals surface area contributed by atoms with Crippen molar-refractivity contribution in [2.45, 2.75) is 19.8 Å². The molecule has 5 nitrogen and oxygen atoms in total. The van der Waals surface area contributed by atoms with Crippen LogP contribution in [0.2, 0.25) is 0 Å². The van der Waals surface area contributed by atoms with Crippen LogP contribution >= 0.6 is 0 Å². The van der Waals surface area contributed by atoms with E-state index in [-0.39, 0.29) is 5.91 Å². The molecule has 1 saturated heterocycles. The highest BCUT2D eigenvalue weighted by Gasteiger charge is 2.24. The van der Waals surface area contributed by atoms with Gasteiger partial charge in [0.05, 0.1) is 12.2 Å². The molecule has 1 aliphatic heterocycles. The zero-order chi connectivity index (χ0) is 15.9. The van der Waals surface area contributed by atoms with E-state index in [0.29, 0.717) is 24.6 Å². The van der Waals surface area contributed by atoms with Crippen molar-refractivity contribution in [3.05, 3.63) is 36.0 Å². The Morgan fingerprint density at radius 3 is 3.00 bits per heavy atom. The van der Waals surface area contributed by atoms with E-state index in [1.807, 2.05) is 24.0 Å². The molecule has 0 radical (unpaired) electrons. The Labute approximate surface area is 132 Å². The first-order chi connectivity index (χ1) is 10.6. The van der Waals surface area contributed by atoms with Crippen LogP contribution in [0, 0.1) is 5.92 Å². The third-order valence-electron chi connectivity index (χ3n) is 3.79. The first kappa shape index (κ1) is 16.5. The Kier molecular flexibility index (Phi) is 5.95. The van der Waals surface area contributed by atoms with Crippen LogP contribution in [-0.4, -0.2) is 49.1 Å². The summed E-state index contributed by atoms with van der Waals surface area (Å²) in [6.45, 7) is 8.77. The van der Waals surface area contributed by atoms with Crippen molar-refractivity contribution in [1.82, 2.24) is 9.88 Å². The quantitative estimate of drug-likeness (QED) is 0.821. The second-order valence-corrected chi connectivity index (χ2v) is 5.96. The second kappa shape index (κ2) is 7.94. The Hall–Kier alpha value is -1.88. The van der Waals surface area contributed by atoms with Gasteiger partial charge in [-0.1, -0.05) is 12.2 Å². The molecule has 1 aliphatic rings. The minimum atomic E-state index is 0.0553. The number of aromatic nitrogens is 1.